The third kappa shape index (κ3) is 6.80. The van der Waals surface area contributed by atoms with Gasteiger partial charge in [-0.25, -0.2) is 0 Å². The highest BCUT2D eigenvalue weighted by Crippen LogP contribution is 2.27. The Bertz CT molecular complexity index is 1100. The first kappa shape index (κ1) is 28.0. The first-order valence-electron chi connectivity index (χ1n) is 12.5. The Morgan fingerprint density at radius 1 is 1.08 bits per heavy atom. The molecule has 3 amide bonds. The summed E-state index contributed by atoms with van der Waals surface area (Å²) in [6.45, 7) is 6.82. The largest absolute Gasteiger partial charge is 0.497 e. The first-order valence-corrected chi connectivity index (χ1v) is 12.5. The number of methoxy groups -OCH3 is 2. The predicted molar refractivity (Wildman–Crippen MR) is 141 cm³/mol. The molecule has 0 spiro atoms. The summed E-state index contributed by atoms with van der Waals surface area (Å²) in [7, 11) is 4.90. The zero-order valence-corrected chi connectivity index (χ0v) is 22.4. The van der Waals surface area contributed by atoms with Crippen molar-refractivity contribution in [2.45, 2.75) is 39.3 Å². The summed E-state index contributed by atoms with van der Waals surface area (Å²) in [6.07, 6.45) is 0.130. The number of hydrogen-bond acceptors (Lipinski definition) is 6. The van der Waals surface area contributed by atoms with E-state index in [0.29, 0.717) is 47.8 Å². The fourth-order valence-electron chi connectivity index (χ4n) is 4.35. The second kappa shape index (κ2) is 12.6. The lowest BCUT2D eigenvalue weighted by atomic mass is 10.0. The van der Waals surface area contributed by atoms with E-state index in [1.165, 1.54) is 0 Å². The zero-order chi connectivity index (χ0) is 27.1. The molecule has 9 nitrogen and oxygen atoms in total. The van der Waals surface area contributed by atoms with Crippen molar-refractivity contribution in [2.75, 3.05) is 46.3 Å². The number of ether oxygens (including phenoxy) is 3. The van der Waals surface area contributed by atoms with Crippen LogP contribution in [0.5, 0.6) is 11.5 Å². The fraction of sp³-hybridized carbons (Fsp3) is 0.464. The average molecular weight is 512 g/mol. The number of nitrogens with one attached hydrogen (secondary N) is 1. The van der Waals surface area contributed by atoms with Crippen molar-refractivity contribution in [1.82, 2.24) is 9.80 Å². The van der Waals surface area contributed by atoms with Gasteiger partial charge in [0.05, 0.1) is 24.8 Å². The van der Waals surface area contributed by atoms with Gasteiger partial charge in [-0.1, -0.05) is 13.8 Å². The van der Waals surface area contributed by atoms with Crippen LogP contribution in [0, 0.1) is 5.92 Å². The van der Waals surface area contributed by atoms with E-state index in [4.69, 9.17) is 14.2 Å². The summed E-state index contributed by atoms with van der Waals surface area (Å²) in [5.74, 6) is 0.508. The van der Waals surface area contributed by atoms with Crippen molar-refractivity contribution in [3.8, 4) is 11.5 Å². The van der Waals surface area contributed by atoms with Crippen molar-refractivity contribution in [3.63, 3.8) is 0 Å². The van der Waals surface area contributed by atoms with Gasteiger partial charge in [-0.2, -0.15) is 0 Å². The van der Waals surface area contributed by atoms with Gasteiger partial charge in [0.25, 0.3) is 11.8 Å². The van der Waals surface area contributed by atoms with E-state index >= 15 is 0 Å². The molecule has 1 heterocycles. The fourth-order valence-corrected chi connectivity index (χ4v) is 4.35. The van der Waals surface area contributed by atoms with Crippen molar-refractivity contribution < 1.29 is 28.6 Å². The third-order valence-corrected chi connectivity index (χ3v) is 6.68. The first-order chi connectivity index (χ1) is 17.7. The molecule has 9 heteroatoms. The summed E-state index contributed by atoms with van der Waals surface area (Å²) in [5, 5.41) is 2.86. The minimum absolute atomic E-state index is 0.00707. The Kier molecular flexibility index (Phi) is 9.52. The maximum Gasteiger partial charge on any atom is 0.257 e. The Morgan fingerprint density at radius 2 is 1.78 bits per heavy atom. The van der Waals surface area contributed by atoms with Gasteiger partial charge in [0, 0.05) is 56.9 Å². The third-order valence-electron chi connectivity index (χ3n) is 6.68. The monoisotopic (exact) mass is 511 g/mol. The number of hydrogen-bond donors (Lipinski definition) is 1. The van der Waals surface area contributed by atoms with E-state index in [1.807, 2.05) is 25.7 Å². The van der Waals surface area contributed by atoms with Crippen LogP contribution in [0.3, 0.4) is 0 Å². The van der Waals surface area contributed by atoms with Crippen LogP contribution in [0.25, 0.3) is 0 Å². The molecule has 0 aromatic heterocycles. The van der Waals surface area contributed by atoms with Gasteiger partial charge >= 0.3 is 0 Å². The van der Waals surface area contributed by atoms with Crippen LogP contribution in [-0.2, 0) is 9.53 Å². The summed E-state index contributed by atoms with van der Waals surface area (Å²) < 4.78 is 17.0. The van der Waals surface area contributed by atoms with Gasteiger partial charge in [-0.15, -0.1) is 0 Å². The lowest BCUT2D eigenvalue weighted by molar-refractivity contribution is -0.135. The molecule has 0 fully saturated rings. The minimum Gasteiger partial charge on any atom is -0.497 e. The van der Waals surface area contributed by atoms with Crippen LogP contribution < -0.4 is 14.8 Å². The van der Waals surface area contributed by atoms with Crippen LogP contribution in [-0.4, -0.2) is 80.6 Å². The van der Waals surface area contributed by atoms with Crippen molar-refractivity contribution in [2.24, 2.45) is 5.92 Å². The predicted octanol–water partition coefficient (Wildman–Crippen LogP) is 3.69. The van der Waals surface area contributed by atoms with Crippen LogP contribution in [0.2, 0.25) is 0 Å². The summed E-state index contributed by atoms with van der Waals surface area (Å²) in [5.41, 5.74) is 1.32. The maximum atomic E-state index is 13.4. The Balaban J connectivity index is 1.92. The summed E-state index contributed by atoms with van der Waals surface area (Å²) in [6, 6.07) is 11.5. The topological polar surface area (TPSA) is 97.4 Å². The Hall–Kier alpha value is -3.59. The highest BCUT2D eigenvalue weighted by Gasteiger charge is 2.30. The molecule has 1 aliphatic heterocycles. The van der Waals surface area contributed by atoms with E-state index in [2.05, 4.69) is 5.32 Å². The Labute approximate surface area is 218 Å². The van der Waals surface area contributed by atoms with E-state index in [1.54, 1.807) is 68.6 Å². The molecule has 3 atom stereocenters. The number of anilines is 1. The van der Waals surface area contributed by atoms with Crippen LogP contribution >= 0.6 is 0 Å². The second-order valence-corrected chi connectivity index (χ2v) is 9.39. The molecule has 2 aromatic carbocycles. The lowest BCUT2D eigenvalue weighted by Crippen LogP contribution is -2.48. The average Bonchev–Trinajstić information content (AvgIpc) is 2.91. The van der Waals surface area contributed by atoms with Gasteiger partial charge in [-0.3, -0.25) is 14.4 Å². The Morgan fingerprint density at radius 3 is 2.41 bits per heavy atom. The molecule has 0 radical (unpaired) electrons. The van der Waals surface area contributed by atoms with Gasteiger partial charge in [0.15, 0.2) is 0 Å². The molecule has 1 aliphatic rings. The summed E-state index contributed by atoms with van der Waals surface area (Å²) >= 11 is 0. The summed E-state index contributed by atoms with van der Waals surface area (Å²) in [4.78, 5) is 42.3. The van der Waals surface area contributed by atoms with E-state index in [-0.39, 0.29) is 42.4 Å². The molecule has 37 heavy (non-hydrogen) atoms. The number of benzene rings is 2. The molecule has 1 N–H and O–H groups in total. The number of carbonyl (C=O) groups excluding carboxylic acids is 3. The molecule has 0 bridgehead atoms. The molecule has 3 rings (SSSR count). The second-order valence-electron chi connectivity index (χ2n) is 9.39. The SMILES string of the molecule is CCC(=O)N1C[C@@H](C)[C@H](OC)CN(C)C(=O)c2ccc(NC(=O)c3ccc(OC)cc3)cc2OC[C@H]1C. The highest BCUT2D eigenvalue weighted by molar-refractivity contribution is 6.05. The van der Waals surface area contributed by atoms with Crippen LogP contribution in [0.15, 0.2) is 42.5 Å². The molecule has 0 unspecified atom stereocenters. The number of rotatable bonds is 5. The quantitative estimate of drug-likeness (QED) is 0.658. The number of amides is 3. The molecule has 2 aromatic rings. The van der Waals surface area contributed by atoms with Crippen molar-refractivity contribution in [3.05, 3.63) is 53.6 Å². The van der Waals surface area contributed by atoms with Gasteiger partial charge in [0.1, 0.15) is 18.1 Å². The van der Waals surface area contributed by atoms with Crippen molar-refractivity contribution in [1.29, 1.82) is 0 Å². The molecule has 200 valence electrons. The van der Waals surface area contributed by atoms with Gasteiger partial charge < -0.3 is 29.3 Å². The van der Waals surface area contributed by atoms with Crippen LogP contribution in [0.1, 0.15) is 47.9 Å². The maximum absolute atomic E-state index is 13.4. The molecule has 0 saturated carbocycles. The molecule has 0 saturated heterocycles. The molecular weight excluding hydrogens is 474 g/mol. The zero-order valence-electron chi connectivity index (χ0n) is 22.4. The highest BCUT2D eigenvalue weighted by atomic mass is 16.5. The van der Waals surface area contributed by atoms with E-state index < -0.39 is 0 Å². The van der Waals surface area contributed by atoms with E-state index in [0.717, 1.165) is 0 Å². The number of carbonyl (C=O) groups is 3. The van der Waals surface area contributed by atoms with Gasteiger partial charge in [0.2, 0.25) is 5.91 Å². The molecule has 0 aliphatic carbocycles. The van der Waals surface area contributed by atoms with Crippen LogP contribution in [0.4, 0.5) is 5.69 Å². The standard InChI is InChI=1S/C28H37N3O6/c1-7-26(32)31-15-18(2)25(36-6)16-30(4)28(34)23-13-10-21(14-24(23)37-17-19(31)3)29-27(33)20-8-11-22(35-5)12-9-20/h8-14,18-19,25H,7,15-17H2,1-6H3,(H,29,33)/t18-,19-,25-/m1/s1. The smallest absolute Gasteiger partial charge is 0.257 e. The van der Waals surface area contributed by atoms with E-state index in [9.17, 15) is 14.4 Å². The van der Waals surface area contributed by atoms with Gasteiger partial charge in [-0.05, 0) is 43.3 Å². The lowest BCUT2D eigenvalue weighted by Gasteiger charge is -2.36. The molecular formula is C28H37N3O6. The number of fused-ring (bicyclic) bond motifs is 1. The van der Waals surface area contributed by atoms with Crippen molar-refractivity contribution >= 4 is 23.4 Å². The number of likely N-dealkylation sites (N-methyl/N-ethyl adjacent to an activating group) is 1. The number of nitrogens with zero attached hydrogens (tertiary/aromatic N) is 2. The minimum atomic E-state index is -0.302. The normalized spacial score (nSPS) is 20.7.